The maximum atomic E-state index is 11.1. The number of aryl methyl sites for hydroxylation is 2. The molecule has 104 valence electrons. The third-order valence-electron chi connectivity index (χ3n) is 2.71. The van der Waals surface area contributed by atoms with Gasteiger partial charge in [0, 0.05) is 22.9 Å². The van der Waals surface area contributed by atoms with Gasteiger partial charge in [-0.2, -0.15) is 0 Å². The van der Waals surface area contributed by atoms with Gasteiger partial charge >= 0.3 is 0 Å². The van der Waals surface area contributed by atoms with Crippen LogP contribution in [0.15, 0.2) is 0 Å². The molecule has 1 aromatic heterocycles. The lowest BCUT2D eigenvalue weighted by molar-refractivity contribution is 0.511. The summed E-state index contributed by atoms with van der Waals surface area (Å²) in [5, 5.41) is 4.48. The number of nitrogens with zero attached hydrogens (tertiary/aromatic N) is 1. The van der Waals surface area contributed by atoms with Gasteiger partial charge in [-0.3, -0.25) is 0 Å². The van der Waals surface area contributed by atoms with Crippen molar-refractivity contribution in [3.63, 3.8) is 0 Å². The molecule has 4 nitrogen and oxygen atoms in total. The summed E-state index contributed by atoms with van der Waals surface area (Å²) < 4.78 is 22.3. The highest BCUT2D eigenvalue weighted by atomic mass is 32.2. The average Bonchev–Trinajstić information content (AvgIpc) is 2.55. The summed E-state index contributed by atoms with van der Waals surface area (Å²) in [6.07, 6.45) is 2.81. The monoisotopic (exact) mass is 290 g/mol. The summed E-state index contributed by atoms with van der Waals surface area (Å²) in [5.41, 5.74) is 1.06. The van der Waals surface area contributed by atoms with E-state index >= 15 is 0 Å². The first kappa shape index (κ1) is 15.6. The summed E-state index contributed by atoms with van der Waals surface area (Å²) in [5.74, 6) is 0.256. The molecular weight excluding hydrogens is 268 g/mol. The summed E-state index contributed by atoms with van der Waals surface area (Å²) in [4.78, 5) is 5.67. The Kier molecular flexibility index (Phi) is 5.75. The standard InChI is InChI=1S/C12H22N2O2S2/c1-5-13-11(7-6-8-18(4,15)16)12-9(2)14-10(3)17-12/h11,13H,5-8H2,1-4H3. The van der Waals surface area contributed by atoms with Gasteiger partial charge < -0.3 is 5.32 Å². The molecule has 0 aliphatic rings. The van der Waals surface area contributed by atoms with Gasteiger partial charge in [-0.25, -0.2) is 13.4 Å². The maximum Gasteiger partial charge on any atom is 0.147 e. The first-order chi connectivity index (χ1) is 8.33. The van der Waals surface area contributed by atoms with Crippen LogP contribution >= 0.6 is 11.3 Å². The van der Waals surface area contributed by atoms with E-state index in [2.05, 4.69) is 17.2 Å². The van der Waals surface area contributed by atoms with Crippen LogP contribution in [0.2, 0.25) is 0 Å². The fraction of sp³-hybridized carbons (Fsp3) is 0.750. The molecule has 1 N–H and O–H groups in total. The first-order valence-electron chi connectivity index (χ1n) is 6.18. The van der Waals surface area contributed by atoms with Gasteiger partial charge in [-0.1, -0.05) is 6.92 Å². The number of aromatic nitrogens is 1. The molecule has 0 aliphatic heterocycles. The van der Waals surface area contributed by atoms with E-state index in [0.717, 1.165) is 23.7 Å². The van der Waals surface area contributed by atoms with Gasteiger partial charge in [0.1, 0.15) is 9.84 Å². The molecule has 1 atom stereocenters. The van der Waals surface area contributed by atoms with Gasteiger partial charge in [-0.15, -0.1) is 11.3 Å². The molecule has 1 rings (SSSR count). The van der Waals surface area contributed by atoms with Crippen molar-refractivity contribution in [2.45, 2.75) is 39.7 Å². The first-order valence-corrected chi connectivity index (χ1v) is 9.06. The summed E-state index contributed by atoms with van der Waals surface area (Å²) >= 11 is 1.70. The maximum absolute atomic E-state index is 11.1. The Balaban J connectivity index is 2.68. The molecule has 0 spiro atoms. The smallest absolute Gasteiger partial charge is 0.147 e. The van der Waals surface area contributed by atoms with Crippen LogP contribution in [-0.2, 0) is 9.84 Å². The van der Waals surface area contributed by atoms with Gasteiger partial charge in [0.05, 0.1) is 10.7 Å². The van der Waals surface area contributed by atoms with Crippen molar-refractivity contribution >= 4 is 21.2 Å². The van der Waals surface area contributed by atoms with E-state index in [9.17, 15) is 8.42 Å². The zero-order chi connectivity index (χ0) is 13.8. The van der Waals surface area contributed by atoms with Crippen molar-refractivity contribution in [1.29, 1.82) is 0 Å². The van der Waals surface area contributed by atoms with Crippen molar-refractivity contribution in [1.82, 2.24) is 10.3 Å². The fourth-order valence-electron chi connectivity index (χ4n) is 1.99. The van der Waals surface area contributed by atoms with Crippen molar-refractivity contribution in [3.8, 4) is 0 Å². The number of hydrogen-bond acceptors (Lipinski definition) is 5. The summed E-state index contributed by atoms with van der Waals surface area (Å²) in [7, 11) is -2.86. The molecule has 18 heavy (non-hydrogen) atoms. The van der Waals surface area contributed by atoms with Crippen LogP contribution in [0.4, 0.5) is 0 Å². The highest BCUT2D eigenvalue weighted by Gasteiger charge is 2.17. The SMILES string of the molecule is CCNC(CCCS(C)(=O)=O)c1sc(C)nc1C. The number of sulfone groups is 1. The molecule has 0 saturated carbocycles. The lowest BCUT2D eigenvalue weighted by atomic mass is 10.1. The Hall–Kier alpha value is -0.460. The third kappa shape index (κ3) is 5.04. The molecular formula is C12H22N2O2S2. The van der Waals surface area contributed by atoms with Crippen LogP contribution in [-0.4, -0.2) is 32.0 Å². The quantitative estimate of drug-likeness (QED) is 0.836. The zero-order valence-electron chi connectivity index (χ0n) is 11.5. The van der Waals surface area contributed by atoms with Crippen LogP contribution in [0, 0.1) is 13.8 Å². The molecule has 0 saturated heterocycles. The fourth-order valence-corrected chi connectivity index (χ4v) is 3.72. The molecule has 0 fully saturated rings. The number of nitrogens with one attached hydrogen (secondary N) is 1. The Morgan fingerprint density at radius 1 is 1.39 bits per heavy atom. The summed E-state index contributed by atoms with van der Waals surface area (Å²) in [6, 6.07) is 0.225. The van der Waals surface area contributed by atoms with Crippen molar-refractivity contribution in [3.05, 3.63) is 15.6 Å². The zero-order valence-corrected chi connectivity index (χ0v) is 13.1. The van der Waals surface area contributed by atoms with Crippen LogP contribution in [0.25, 0.3) is 0 Å². The second kappa shape index (κ2) is 6.63. The molecule has 0 amide bonds. The van der Waals surface area contributed by atoms with Crippen LogP contribution in [0.1, 0.15) is 41.4 Å². The topological polar surface area (TPSA) is 59.1 Å². The van der Waals surface area contributed by atoms with E-state index in [1.54, 1.807) is 11.3 Å². The Bertz CT molecular complexity index is 480. The predicted molar refractivity (Wildman–Crippen MR) is 77.0 cm³/mol. The largest absolute Gasteiger partial charge is 0.309 e. The van der Waals surface area contributed by atoms with Crippen LogP contribution in [0.5, 0.6) is 0 Å². The number of hydrogen-bond donors (Lipinski definition) is 1. The molecule has 1 unspecified atom stereocenters. The second-order valence-corrected chi connectivity index (χ2v) is 8.06. The van der Waals surface area contributed by atoms with E-state index in [4.69, 9.17) is 0 Å². The lowest BCUT2D eigenvalue weighted by Gasteiger charge is -2.16. The Morgan fingerprint density at radius 3 is 2.50 bits per heavy atom. The van der Waals surface area contributed by atoms with Crippen molar-refractivity contribution < 1.29 is 8.42 Å². The molecule has 0 bridgehead atoms. The number of thiazole rings is 1. The van der Waals surface area contributed by atoms with Gasteiger partial charge in [0.25, 0.3) is 0 Å². The minimum atomic E-state index is -2.86. The highest BCUT2D eigenvalue weighted by molar-refractivity contribution is 7.90. The molecule has 0 aliphatic carbocycles. The second-order valence-electron chi connectivity index (χ2n) is 4.56. The van der Waals surface area contributed by atoms with Gasteiger partial charge in [0.15, 0.2) is 0 Å². The molecule has 1 aromatic rings. The van der Waals surface area contributed by atoms with Crippen LogP contribution < -0.4 is 5.32 Å². The van der Waals surface area contributed by atoms with E-state index in [1.165, 1.54) is 11.1 Å². The molecule has 0 aromatic carbocycles. The predicted octanol–water partition coefficient (Wildman–Crippen LogP) is 2.24. The van der Waals surface area contributed by atoms with Crippen LogP contribution in [0.3, 0.4) is 0 Å². The van der Waals surface area contributed by atoms with E-state index in [0.29, 0.717) is 6.42 Å². The van der Waals surface area contributed by atoms with Crippen molar-refractivity contribution in [2.24, 2.45) is 0 Å². The van der Waals surface area contributed by atoms with Gasteiger partial charge in [-0.05, 0) is 33.2 Å². The lowest BCUT2D eigenvalue weighted by Crippen LogP contribution is -2.21. The Labute approximate surface area is 114 Å². The molecule has 6 heteroatoms. The summed E-state index contributed by atoms with van der Waals surface area (Å²) in [6.45, 7) is 6.95. The van der Waals surface area contributed by atoms with E-state index in [1.807, 2.05) is 13.8 Å². The minimum absolute atomic E-state index is 0.225. The highest BCUT2D eigenvalue weighted by Crippen LogP contribution is 2.28. The van der Waals surface area contributed by atoms with E-state index < -0.39 is 9.84 Å². The Morgan fingerprint density at radius 2 is 2.06 bits per heavy atom. The third-order valence-corrected chi connectivity index (χ3v) is 4.93. The van der Waals surface area contributed by atoms with Crippen molar-refractivity contribution in [2.75, 3.05) is 18.6 Å². The van der Waals surface area contributed by atoms with E-state index in [-0.39, 0.29) is 11.8 Å². The minimum Gasteiger partial charge on any atom is -0.309 e. The molecule has 1 heterocycles. The molecule has 0 radical (unpaired) electrons. The normalized spacial score (nSPS) is 13.8. The van der Waals surface area contributed by atoms with Gasteiger partial charge in [0.2, 0.25) is 0 Å². The number of rotatable bonds is 7. The average molecular weight is 290 g/mol.